The number of nitrogens with one attached hydrogen (secondary N) is 1. The van der Waals surface area contributed by atoms with Gasteiger partial charge in [0.05, 0.1) is 6.61 Å². The zero-order chi connectivity index (χ0) is 7.98. The molecule has 0 spiro atoms. The van der Waals surface area contributed by atoms with Crippen molar-refractivity contribution in [3.63, 3.8) is 0 Å². The summed E-state index contributed by atoms with van der Waals surface area (Å²) in [6, 6.07) is 0. The summed E-state index contributed by atoms with van der Waals surface area (Å²) in [7, 11) is 5.85. The van der Waals surface area contributed by atoms with Crippen LogP contribution in [0.3, 0.4) is 0 Å². The lowest BCUT2D eigenvalue weighted by Crippen LogP contribution is -2.28. The fraction of sp³-hybridized carbons (Fsp3) is 0.857. The molecule has 0 aliphatic rings. The first kappa shape index (κ1) is 9.43. The molecule has 0 rings (SSSR count). The first-order chi connectivity index (χ1) is 4.72. The summed E-state index contributed by atoms with van der Waals surface area (Å²) in [6.07, 6.45) is 0. The zero-order valence-electron chi connectivity index (χ0n) is 7.27. The minimum Gasteiger partial charge on any atom is -0.447 e. The first-order valence-corrected chi connectivity index (χ1v) is 3.53. The van der Waals surface area contributed by atoms with E-state index in [0.717, 1.165) is 19.0 Å². The summed E-state index contributed by atoms with van der Waals surface area (Å²) in [6.45, 7) is 3.51. The lowest BCUT2D eigenvalue weighted by molar-refractivity contribution is -0.475. The van der Waals surface area contributed by atoms with Gasteiger partial charge in [-0.25, -0.2) is 4.58 Å². The van der Waals surface area contributed by atoms with Crippen molar-refractivity contribution in [2.45, 2.75) is 6.92 Å². The Morgan fingerprint density at radius 2 is 2.10 bits per heavy atom. The quantitative estimate of drug-likeness (QED) is 0.341. The zero-order valence-corrected chi connectivity index (χ0v) is 7.27. The fourth-order valence-corrected chi connectivity index (χ4v) is 0.656. The van der Waals surface area contributed by atoms with Crippen LogP contribution in [0, 0.1) is 0 Å². The number of hydrogen-bond acceptors (Lipinski definition) is 2. The van der Waals surface area contributed by atoms with Crippen LogP contribution < -0.4 is 5.32 Å². The predicted molar refractivity (Wildman–Crippen MR) is 42.7 cm³/mol. The van der Waals surface area contributed by atoms with E-state index in [0.29, 0.717) is 0 Å². The molecule has 0 aromatic carbocycles. The minimum atomic E-state index is 0.731. The van der Waals surface area contributed by atoms with Crippen LogP contribution in [0.25, 0.3) is 0 Å². The Morgan fingerprint density at radius 3 is 2.40 bits per heavy atom. The van der Waals surface area contributed by atoms with Gasteiger partial charge in [-0.2, -0.15) is 0 Å². The Bertz CT molecular complexity index is 109. The van der Waals surface area contributed by atoms with Gasteiger partial charge in [0.1, 0.15) is 20.6 Å². The smallest absolute Gasteiger partial charge is 0.350 e. The van der Waals surface area contributed by atoms with E-state index in [4.69, 9.17) is 4.74 Å². The molecule has 0 bridgehead atoms. The minimum absolute atomic E-state index is 0.731. The van der Waals surface area contributed by atoms with Crippen LogP contribution in [0.15, 0.2) is 0 Å². The van der Waals surface area contributed by atoms with Crippen molar-refractivity contribution in [3.8, 4) is 0 Å². The second-order valence-electron chi connectivity index (χ2n) is 2.25. The van der Waals surface area contributed by atoms with Gasteiger partial charge in [-0.1, -0.05) is 0 Å². The van der Waals surface area contributed by atoms with Gasteiger partial charge in [0, 0.05) is 0 Å². The Labute approximate surface area is 62.7 Å². The van der Waals surface area contributed by atoms with E-state index in [9.17, 15) is 0 Å². The molecular formula is C7H17N2O+. The fourth-order valence-electron chi connectivity index (χ4n) is 0.656. The van der Waals surface area contributed by atoms with E-state index in [2.05, 4.69) is 5.32 Å². The SMILES string of the molecule is CCOC(CNC)=[N+](C)C. The standard InChI is InChI=1S/C7H17N2O/c1-5-10-7(6-8-2)9(3)4/h8H,5-6H2,1-4H3/q+1. The molecule has 0 aliphatic carbocycles. The van der Waals surface area contributed by atoms with Gasteiger partial charge in [0.2, 0.25) is 0 Å². The highest BCUT2D eigenvalue weighted by Gasteiger charge is 2.05. The highest BCUT2D eigenvalue weighted by atomic mass is 16.5. The van der Waals surface area contributed by atoms with Gasteiger partial charge in [-0.15, -0.1) is 0 Å². The van der Waals surface area contributed by atoms with Gasteiger partial charge in [-0.05, 0) is 14.0 Å². The van der Waals surface area contributed by atoms with Crippen molar-refractivity contribution in [1.82, 2.24) is 5.32 Å². The van der Waals surface area contributed by atoms with Crippen molar-refractivity contribution >= 4 is 5.90 Å². The average Bonchev–Trinajstić information content (AvgIpc) is 1.87. The molecule has 0 heterocycles. The third-order valence-corrected chi connectivity index (χ3v) is 1.14. The monoisotopic (exact) mass is 145 g/mol. The topological polar surface area (TPSA) is 24.3 Å². The largest absolute Gasteiger partial charge is 0.447 e. The molecule has 0 aliphatic heterocycles. The molecule has 3 nitrogen and oxygen atoms in total. The molecular weight excluding hydrogens is 128 g/mol. The molecule has 60 valence electrons. The summed E-state index contributed by atoms with van der Waals surface area (Å²) >= 11 is 0. The number of ether oxygens (including phenoxy) is 1. The predicted octanol–water partition coefficient (Wildman–Crippen LogP) is -0.0871. The van der Waals surface area contributed by atoms with E-state index in [-0.39, 0.29) is 0 Å². The summed E-state index contributed by atoms with van der Waals surface area (Å²) < 4.78 is 7.30. The molecule has 0 amide bonds. The van der Waals surface area contributed by atoms with Crippen molar-refractivity contribution in [2.24, 2.45) is 0 Å². The van der Waals surface area contributed by atoms with E-state index in [1.807, 2.05) is 32.6 Å². The van der Waals surface area contributed by atoms with Gasteiger partial charge < -0.3 is 10.1 Å². The lowest BCUT2D eigenvalue weighted by atomic mass is 10.6. The van der Waals surface area contributed by atoms with Gasteiger partial charge in [0.25, 0.3) is 0 Å². The van der Waals surface area contributed by atoms with E-state index in [1.165, 1.54) is 0 Å². The molecule has 3 heteroatoms. The van der Waals surface area contributed by atoms with Gasteiger partial charge in [0.15, 0.2) is 0 Å². The number of hydrogen-bond donors (Lipinski definition) is 1. The molecule has 0 saturated heterocycles. The third-order valence-electron chi connectivity index (χ3n) is 1.14. The molecule has 0 saturated carbocycles. The molecule has 1 N–H and O–H groups in total. The van der Waals surface area contributed by atoms with Crippen molar-refractivity contribution in [2.75, 3.05) is 34.3 Å². The first-order valence-electron chi connectivity index (χ1n) is 3.53. The van der Waals surface area contributed by atoms with Crippen molar-refractivity contribution < 1.29 is 9.31 Å². The summed E-state index contributed by atoms with van der Waals surface area (Å²) in [4.78, 5) is 0. The Morgan fingerprint density at radius 1 is 1.50 bits per heavy atom. The Balaban J connectivity index is 3.86. The summed E-state index contributed by atoms with van der Waals surface area (Å²) in [5.41, 5.74) is 0. The van der Waals surface area contributed by atoms with Gasteiger partial charge in [-0.3, -0.25) is 0 Å². The van der Waals surface area contributed by atoms with Crippen LogP contribution in [0.2, 0.25) is 0 Å². The maximum atomic E-state index is 5.32. The van der Waals surface area contributed by atoms with Crippen LogP contribution in [-0.2, 0) is 4.74 Å². The Kier molecular flexibility index (Phi) is 4.94. The number of likely N-dealkylation sites (N-methyl/N-ethyl adjacent to an activating group) is 1. The molecule has 0 aromatic rings. The third kappa shape index (κ3) is 3.45. The van der Waals surface area contributed by atoms with Crippen molar-refractivity contribution in [3.05, 3.63) is 0 Å². The molecule has 0 unspecified atom stereocenters. The maximum Gasteiger partial charge on any atom is 0.350 e. The second-order valence-corrected chi connectivity index (χ2v) is 2.25. The summed E-state index contributed by atoms with van der Waals surface area (Å²) in [5, 5.41) is 3.03. The van der Waals surface area contributed by atoms with Crippen LogP contribution in [-0.4, -0.2) is 44.8 Å². The van der Waals surface area contributed by atoms with Crippen molar-refractivity contribution in [1.29, 1.82) is 0 Å². The van der Waals surface area contributed by atoms with E-state index >= 15 is 0 Å². The van der Waals surface area contributed by atoms with Gasteiger partial charge >= 0.3 is 5.90 Å². The normalized spacial score (nSPS) is 9.20. The molecule has 0 fully saturated rings. The molecule has 0 aromatic heterocycles. The van der Waals surface area contributed by atoms with Crippen LogP contribution in [0.1, 0.15) is 6.92 Å². The summed E-state index contributed by atoms with van der Waals surface area (Å²) in [5.74, 6) is 0.977. The van der Waals surface area contributed by atoms with Crippen LogP contribution in [0.4, 0.5) is 0 Å². The second kappa shape index (κ2) is 5.23. The number of rotatable bonds is 3. The highest BCUT2D eigenvalue weighted by molar-refractivity contribution is 5.72. The molecule has 10 heavy (non-hydrogen) atoms. The number of nitrogens with zero attached hydrogens (tertiary/aromatic N) is 1. The van der Waals surface area contributed by atoms with E-state index in [1.54, 1.807) is 0 Å². The highest BCUT2D eigenvalue weighted by Crippen LogP contribution is 1.77. The maximum absolute atomic E-state index is 5.32. The average molecular weight is 145 g/mol. The Hall–Kier alpha value is -0.570. The lowest BCUT2D eigenvalue weighted by Gasteiger charge is -2.02. The molecule has 0 radical (unpaired) electrons. The van der Waals surface area contributed by atoms with Crippen LogP contribution in [0.5, 0.6) is 0 Å². The molecule has 0 atom stereocenters. The van der Waals surface area contributed by atoms with Crippen LogP contribution >= 0.6 is 0 Å². The van der Waals surface area contributed by atoms with E-state index < -0.39 is 0 Å².